The molecule has 0 spiro atoms. The molecule has 0 fully saturated rings. The number of hydrogen-bond acceptors (Lipinski definition) is 8. The van der Waals surface area contributed by atoms with Crippen LogP contribution in [-0.4, -0.2) is 88.3 Å². The van der Waals surface area contributed by atoms with Gasteiger partial charge in [-0.1, -0.05) is 41.5 Å². The van der Waals surface area contributed by atoms with Crippen molar-refractivity contribution in [3.8, 4) is 0 Å². The standard InChI is InChI=1S/C14H30N2O4S.C13H28N2O4S/c1-9-21(18,19)16(8)10-11(13(2,3)4)15-12(17)20-14(5,6)7;1-8-20(17,18)14-9-10(12(2,3)4)15-11(16)19-13(5,6)7/h11H,9-10H2,1-8H3,(H,15,17);10,14H,8-9H2,1-7H3,(H,15,16)/t11-;10-/m11/s1. The topological polar surface area (TPSA) is 160 Å². The molecular formula is C27H58N4O8S2. The molecule has 0 aliphatic rings. The Labute approximate surface area is 250 Å². The predicted molar refractivity (Wildman–Crippen MR) is 165 cm³/mol. The van der Waals surface area contributed by atoms with Crippen LogP contribution in [0.2, 0.25) is 0 Å². The second-order valence-electron chi connectivity index (χ2n) is 14.1. The number of amides is 2. The van der Waals surface area contributed by atoms with Crippen LogP contribution in [0, 0.1) is 10.8 Å². The maximum absolute atomic E-state index is 11.9. The van der Waals surface area contributed by atoms with E-state index in [1.807, 2.05) is 41.5 Å². The van der Waals surface area contributed by atoms with Crippen LogP contribution in [0.4, 0.5) is 9.59 Å². The minimum absolute atomic E-state index is 0.0102. The summed E-state index contributed by atoms with van der Waals surface area (Å²) in [5.41, 5.74) is -1.77. The number of sulfonamides is 2. The number of carbonyl (C=O) groups excluding carboxylic acids is 2. The molecule has 2 atom stereocenters. The molecule has 0 saturated heterocycles. The third kappa shape index (κ3) is 20.0. The summed E-state index contributed by atoms with van der Waals surface area (Å²) in [6.07, 6.45) is -1.09. The van der Waals surface area contributed by atoms with Gasteiger partial charge >= 0.3 is 12.2 Å². The predicted octanol–water partition coefficient (Wildman–Crippen LogP) is 4.07. The Bertz CT molecular complexity index is 1030. The van der Waals surface area contributed by atoms with E-state index in [1.54, 1.807) is 55.4 Å². The van der Waals surface area contributed by atoms with Gasteiger partial charge in [0.25, 0.3) is 0 Å². The number of carbonyl (C=O) groups is 2. The van der Waals surface area contributed by atoms with E-state index in [1.165, 1.54) is 11.4 Å². The van der Waals surface area contributed by atoms with E-state index in [0.717, 1.165) is 0 Å². The highest BCUT2D eigenvalue weighted by Gasteiger charge is 2.32. The molecule has 3 N–H and O–H groups in total. The van der Waals surface area contributed by atoms with Crippen LogP contribution < -0.4 is 15.4 Å². The quantitative estimate of drug-likeness (QED) is 0.326. The van der Waals surface area contributed by atoms with E-state index in [-0.39, 0.29) is 47.5 Å². The van der Waals surface area contributed by atoms with Gasteiger partial charge in [-0.05, 0) is 66.2 Å². The number of alkyl carbamates (subject to hydrolysis) is 2. The average Bonchev–Trinajstić information content (AvgIpc) is 2.72. The fraction of sp³-hybridized carbons (Fsp3) is 0.926. The van der Waals surface area contributed by atoms with Crippen molar-refractivity contribution < 1.29 is 35.9 Å². The molecule has 0 aromatic heterocycles. The monoisotopic (exact) mass is 630 g/mol. The molecule has 0 aromatic carbocycles. The lowest BCUT2D eigenvalue weighted by Crippen LogP contribution is -2.52. The van der Waals surface area contributed by atoms with Crippen LogP contribution in [0.25, 0.3) is 0 Å². The summed E-state index contributed by atoms with van der Waals surface area (Å²) in [4.78, 5) is 23.7. The largest absolute Gasteiger partial charge is 0.444 e. The molecule has 0 bridgehead atoms. The molecule has 0 saturated carbocycles. The second kappa shape index (κ2) is 15.7. The van der Waals surface area contributed by atoms with Gasteiger partial charge in [0.15, 0.2) is 0 Å². The summed E-state index contributed by atoms with van der Waals surface area (Å²) < 4.78 is 60.9. The van der Waals surface area contributed by atoms with Gasteiger partial charge in [0.1, 0.15) is 11.2 Å². The lowest BCUT2D eigenvalue weighted by molar-refractivity contribution is 0.0449. The second-order valence-corrected chi connectivity index (χ2v) is 18.5. The minimum Gasteiger partial charge on any atom is -0.444 e. The van der Waals surface area contributed by atoms with Gasteiger partial charge in [0, 0.05) is 20.1 Å². The third-order valence-corrected chi connectivity index (χ3v) is 8.83. The van der Waals surface area contributed by atoms with Crippen LogP contribution in [0.5, 0.6) is 0 Å². The molecule has 14 heteroatoms. The SMILES string of the molecule is CCS(=O)(=O)N(C)C[C@@H](NC(=O)OC(C)(C)C)C(C)(C)C.CCS(=O)(=O)NC[C@@H](NC(=O)OC(C)(C)C)C(C)(C)C. The van der Waals surface area contributed by atoms with Crippen molar-refractivity contribution in [2.24, 2.45) is 10.8 Å². The van der Waals surface area contributed by atoms with Crippen LogP contribution in [0.3, 0.4) is 0 Å². The first-order valence-electron chi connectivity index (χ1n) is 13.9. The zero-order valence-electron chi connectivity index (χ0n) is 28.0. The number of hydrogen-bond donors (Lipinski definition) is 3. The summed E-state index contributed by atoms with van der Waals surface area (Å²) in [6.45, 7) is 25.8. The van der Waals surface area contributed by atoms with E-state index in [9.17, 15) is 26.4 Å². The summed E-state index contributed by atoms with van der Waals surface area (Å²) in [5.74, 6) is 0.0447. The van der Waals surface area contributed by atoms with Gasteiger partial charge in [0.2, 0.25) is 20.0 Å². The summed E-state index contributed by atoms with van der Waals surface area (Å²) in [7, 11) is -5.05. The van der Waals surface area contributed by atoms with Crippen molar-refractivity contribution in [3.63, 3.8) is 0 Å². The zero-order chi connectivity index (χ0) is 33.3. The highest BCUT2D eigenvalue weighted by Crippen LogP contribution is 2.22. The normalized spacial score (nSPS) is 14.8. The van der Waals surface area contributed by atoms with Gasteiger partial charge in [0.05, 0.1) is 23.6 Å². The Balaban J connectivity index is 0. The van der Waals surface area contributed by atoms with Gasteiger partial charge in [-0.3, -0.25) is 0 Å². The molecule has 2 amide bonds. The summed E-state index contributed by atoms with van der Waals surface area (Å²) in [6, 6.07) is -0.711. The van der Waals surface area contributed by atoms with E-state index >= 15 is 0 Å². The Kier molecular flexibility index (Phi) is 15.9. The number of nitrogens with zero attached hydrogens (tertiary/aromatic N) is 1. The highest BCUT2D eigenvalue weighted by molar-refractivity contribution is 7.89. The first-order chi connectivity index (χ1) is 18.0. The molecule has 0 radical (unpaired) electrons. The van der Waals surface area contributed by atoms with E-state index < -0.39 is 43.4 Å². The van der Waals surface area contributed by atoms with Gasteiger partial charge in [-0.15, -0.1) is 0 Å². The first kappa shape index (κ1) is 41.5. The number of nitrogens with one attached hydrogen (secondary N) is 3. The molecule has 12 nitrogen and oxygen atoms in total. The van der Waals surface area contributed by atoms with Crippen molar-refractivity contribution in [3.05, 3.63) is 0 Å². The molecule has 0 aliphatic heterocycles. The maximum Gasteiger partial charge on any atom is 0.407 e. The van der Waals surface area contributed by atoms with Crippen LogP contribution >= 0.6 is 0 Å². The molecular weight excluding hydrogens is 572 g/mol. The number of likely N-dealkylation sites (N-methyl/N-ethyl adjacent to an activating group) is 1. The Morgan fingerprint density at radius 1 is 0.683 bits per heavy atom. The molecule has 0 unspecified atom stereocenters. The summed E-state index contributed by atoms with van der Waals surface area (Å²) >= 11 is 0. The average molecular weight is 631 g/mol. The smallest absolute Gasteiger partial charge is 0.407 e. The lowest BCUT2D eigenvalue weighted by atomic mass is 9.87. The highest BCUT2D eigenvalue weighted by atomic mass is 32.2. The van der Waals surface area contributed by atoms with Crippen LogP contribution in [-0.2, 0) is 29.5 Å². The van der Waals surface area contributed by atoms with Crippen molar-refractivity contribution in [1.82, 2.24) is 19.7 Å². The number of rotatable bonds is 10. The maximum atomic E-state index is 11.9. The zero-order valence-corrected chi connectivity index (χ0v) is 29.6. The van der Waals surface area contributed by atoms with E-state index in [0.29, 0.717) is 0 Å². The first-order valence-corrected chi connectivity index (χ1v) is 17.1. The van der Waals surface area contributed by atoms with Gasteiger partial charge < -0.3 is 20.1 Å². The Morgan fingerprint density at radius 3 is 1.34 bits per heavy atom. The summed E-state index contributed by atoms with van der Waals surface area (Å²) in [5, 5.41) is 5.50. The van der Waals surface area contributed by atoms with Crippen molar-refractivity contribution in [1.29, 1.82) is 0 Å². The van der Waals surface area contributed by atoms with E-state index in [2.05, 4.69) is 15.4 Å². The van der Waals surface area contributed by atoms with Gasteiger partial charge in [-0.2, -0.15) is 0 Å². The fourth-order valence-electron chi connectivity index (χ4n) is 2.91. The molecule has 0 aromatic rings. The van der Waals surface area contributed by atoms with Crippen molar-refractivity contribution in [2.75, 3.05) is 31.6 Å². The third-order valence-electron chi connectivity index (χ3n) is 5.64. The molecule has 0 heterocycles. The molecule has 0 aliphatic carbocycles. The van der Waals surface area contributed by atoms with Crippen LogP contribution in [0.15, 0.2) is 0 Å². The van der Waals surface area contributed by atoms with E-state index in [4.69, 9.17) is 9.47 Å². The van der Waals surface area contributed by atoms with Gasteiger partial charge in [-0.25, -0.2) is 35.5 Å². The molecule has 246 valence electrons. The lowest BCUT2D eigenvalue weighted by Gasteiger charge is -2.34. The molecule has 0 rings (SSSR count). The fourth-order valence-corrected chi connectivity index (χ4v) is 4.35. The Morgan fingerprint density at radius 2 is 1.05 bits per heavy atom. The van der Waals surface area contributed by atoms with Crippen molar-refractivity contribution >= 4 is 32.2 Å². The Hall–Kier alpha value is -1.64. The van der Waals surface area contributed by atoms with Crippen molar-refractivity contribution in [2.45, 2.75) is 120 Å². The van der Waals surface area contributed by atoms with Crippen LogP contribution in [0.1, 0.15) is 96.9 Å². The molecule has 41 heavy (non-hydrogen) atoms. The minimum atomic E-state index is -3.29. The number of ether oxygens (including phenoxy) is 2.